The first-order valence-corrected chi connectivity index (χ1v) is 15.5. The van der Waals surface area contributed by atoms with Crippen LogP contribution in [0.2, 0.25) is 0 Å². The Kier molecular flexibility index (Phi) is 7.86. The lowest BCUT2D eigenvalue weighted by atomic mass is 9.88. The summed E-state index contributed by atoms with van der Waals surface area (Å²) < 4.78 is 33.2. The maximum absolute atomic E-state index is 12.6. The minimum atomic E-state index is -3.19. The van der Waals surface area contributed by atoms with Gasteiger partial charge < -0.3 is 9.64 Å². The van der Waals surface area contributed by atoms with Crippen LogP contribution in [0.5, 0.6) is 5.75 Å². The van der Waals surface area contributed by atoms with E-state index in [1.54, 1.807) is 4.31 Å². The predicted molar refractivity (Wildman–Crippen MR) is 148 cm³/mol. The molecule has 0 bridgehead atoms. The average molecular weight is 525 g/mol. The van der Waals surface area contributed by atoms with Crippen LogP contribution < -0.4 is 9.64 Å². The largest absolute Gasteiger partial charge is 0.490 e. The van der Waals surface area contributed by atoms with Crippen molar-refractivity contribution in [2.75, 3.05) is 36.8 Å². The summed E-state index contributed by atoms with van der Waals surface area (Å²) in [4.78, 5) is 11.5. The second-order valence-corrected chi connectivity index (χ2v) is 13.2. The number of benzene rings is 1. The van der Waals surface area contributed by atoms with Crippen LogP contribution in [0.4, 0.5) is 5.95 Å². The molecule has 2 aromatic rings. The van der Waals surface area contributed by atoms with Crippen LogP contribution in [0.3, 0.4) is 0 Å². The summed E-state index contributed by atoms with van der Waals surface area (Å²) in [6.07, 6.45) is 12.2. The fraction of sp³-hybridized carbons (Fsp3) is 0.586. The van der Waals surface area contributed by atoms with Gasteiger partial charge in [0.1, 0.15) is 11.9 Å². The van der Waals surface area contributed by atoms with E-state index in [2.05, 4.69) is 46.1 Å². The van der Waals surface area contributed by atoms with Gasteiger partial charge in [0.15, 0.2) is 0 Å². The van der Waals surface area contributed by atoms with Crippen LogP contribution in [-0.2, 0) is 22.9 Å². The number of aromatic nitrogens is 2. The quantitative estimate of drug-likeness (QED) is 0.497. The molecule has 1 atom stereocenters. The van der Waals surface area contributed by atoms with Crippen molar-refractivity contribution in [1.82, 2.24) is 14.3 Å². The van der Waals surface area contributed by atoms with Crippen molar-refractivity contribution < 1.29 is 13.2 Å². The summed E-state index contributed by atoms with van der Waals surface area (Å²) in [6.45, 7) is 9.02. The highest BCUT2D eigenvalue weighted by molar-refractivity contribution is 7.89. The molecule has 0 radical (unpaired) electrons. The van der Waals surface area contributed by atoms with Crippen molar-refractivity contribution in [3.63, 3.8) is 0 Å². The number of aryl methyl sites for hydroxylation is 1. The highest BCUT2D eigenvalue weighted by Crippen LogP contribution is 2.38. The summed E-state index contributed by atoms with van der Waals surface area (Å²) in [6, 6.07) is 6.50. The first-order chi connectivity index (χ1) is 17.8. The highest BCUT2D eigenvalue weighted by atomic mass is 32.2. The first-order valence-electron chi connectivity index (χ1n) is 13.8. The van der Waals surface area contributed by atoms with Gasteiger partial charge in [0.05, 0.1) is 5.75 Å². The molecule has 0 N–H and O–H groups in total. The third-order valence-electron chi connectivity index (χ3n) is 7.82. The van der Waals surface area contributed by atoms with Crippen molar-refractivity contribution in [2.45, 2.75) is 65.4 Å². The summed E-state index contributed by atoms with van der Waals surface area (Å²) in [5.41, 5.74) is 4.91. The molecule has 0 saturated carbocycles. The van der Waals surface area contributed by atoms with Crippen molar-refractivity contribution in [2.24, 2.45) is 11.8 Å². The SMILES string of the molecule is CCCc1cnc(N2CCC([C@@H]3Cc4cc(C5=CCN(S(=O)(=O)CC(C)C)CC5)ccc4O3)CC2)nc1. The standard InChI is InChI=1S/C29H40N4O3S/c1-4-5-22-18-30-29(31-19-22)32-12-8-24(9-13-32)28-17-26-16-25(6-7-27(26)36-28)23-10-14-33(15-11-23)37(34,35)20-21(2)3/h6-7,10,16,18-19,21,24,28H,4-5,8-9,11-15,17,20H2,1-3H3/t28-/m0/s1. The van der Waals surface area contributed by atoms with E-state index in [4.69, 9.17) is 4.74 Å². The summed E-state index contributed by atoms with van der Waals surface area (Å²) in [5, 5.41) is 0. The summed E-state index contributed by atoms with van der Waals surface area (Å²) in [5.74, 6) is 2.72. The van der Waals surface area contributed by atoms with E-state index in [-0.39, 0.29) is 17.8 Å². The third kappa shape index (κ3) is 6.01. The zero-order chi connectivity index (χ0) is 26.0. The van der Waals surface area contributed by atoms with Crippen LogP contribution in [0.15, 0.2) is 36.7 Å². The molecule has 5 rings (SSSR count). The fourth-order valence-corrected chi connectivity index (χ4v) is 7.55. The summed E-state index contributed by atoms with van der Waals surface area (Å²) >= 11 is 0. The number of ether oxygens (including phenoxy) is 1. The van der Waals surface area contributed by atoms with Crippen molar-refractivity contribution in [3.8, 4) is 5.75 Å². The topological polar surface area (TPSA) is 75.6 Å². The molecule has 1 saturated heterocycles. The number of hydrogen-bond donors (Lipinski definition) is 0. The zero-order valence-corrected chi connectivity index (χ0v) is 23.2. The van der Waals surface area contributed by atoms with E-state index in [0.29, 0.717) is 19.0 Å². The monoisotopic (exact) mass is 524 g/mol. The number of rotatable bonds is 8. The molecule has 1 aromatic carbocycles. The van der Waals surface area contributed by atoms with E-state index in [1.165, 1.54) is 22.3 Å². The van der Waals surface area contributed by atoms with Crippen LogP contribution in [0.25, 0.3) is 5.57 Å². The van der Waals surface area contributed by atoms with E-state index in [9.17, 15) is 8.42 Å². The smallest absolute Gasteiger partial charge is 0.225 e. The van der Waals surface area contributed by atoms with E-state index < -0.39 is 10.0 Å². The Labute approximate surface area is 222 Å². The van der Waals surface area contributed by atoms with Gasteiger partial charge in [-0.3, -0.25) is 0 Å². The van der Waals surface area contributed by atoms with Gasteiger partial charge in [0.25, 0.3) is 0 Å². The molecule has 1 aromatic heterocycles. The molecule has 200 valence electrons. The lowest BCUT2D eigenvalue weighted by Gasteiger charge is -2.34. The van der Waals surface area contributed by atoms with Gasteiger partial charge in [0.2, 0.25) is 16.0 Å². The maximum atomic E-state index is 12.6. The van der Waals surface area contributed by atoms with Gasteiger partial charge in [-0.15, -0.1) is 0 Å². The Balaban J connectivity index is 1.17. The molecule has 37 heavy (non-hydrogen) atoms. The number of fused-ring (bicyclic) bond motifs is 1. The minimum Gasteiger partial charge on any atom is -0.490 e. The molecule has 1 fully saturated rings. The lowest BCUT2D eigenvalue weighted by Crippen LogP contribution is -2.40. The van der Waals surface area contributed by atoms with Gasteiger partial charge in [0, 0.05) is 45.0 Å². The number of anilines is 1. The Morgan fingerprint density at radius 2 is 1.86 bits per heavy atom. The fourth-order valence-electron chi connectivity index (χ4n) is 5.83. The van der Waals surface area contributed by atoms with Crippen molar-refractivity contribution >= 4 is 21.5 Å². The molecule has 0 spiro atoms. The van der Waals surface area contributed by atoms with E-state index in [0.717, 1.165) is 63.3 Å². The van der Waals surface area contributed by atoms with Crippen LogP contribution in [0.1, 0.15) is 63.1 Å². The first kappa shape index (κ1) is 26.2. The molecule has 0 unspecified atom stereocenters. The highest BCUT2D eigenvalue weighted by Gasteiger charge is 2.34. The number of nitrogens with zero attached hydrogens (tertiary/aromatic N) is 4. The molecule has 8 heteroatoms. The Morgan fingerprint density at radius 3 is 2.51 bits per heavy atom. The van der Waals surface area contributed by atoms with E-state index >= 15 is 0 Å². The predicted octanol–water partition coefficient (Wildman–Crippen LogP) is 4.72. The lowest BCUT2D eigenvalue weighted by molar-refractivity contribution is 0.138. The normalized spacial score (nSPS) is 21.1. The van der Waals surface area contributed by atoms with Crippen LogP contribution >= 0.6 is 0 Å². The molecular formula is C29H40N4O3S. The molecule has 3 aliphatic heterocycles. The van der Waals surface area contributed by atoms with Gasteiger partial charge in [-0.05, 0) is 71.9 Å². The van der Waals surface area contributed by atoms with Gasteiger partial charge in [-0.2, -0.15) is 4.31 Å². The van der Waals surface area contributed by atoms with Crippen molar-refractivity contribution in [1.29, 1.82) is 0 Å². The van der Waals surface area contributed by atoms with Gasteiger partial charge in [-0.25, -0.2) is 18.4 Å². The van der Waals surface area contributed by atoms with Crippen molar-refractivity contribution in [3.05, 3.63) is 53.4 Å². The molecule has 7 nitrogen and oxygen atoms in total. The third-order valence-corrected chi connectivity index (χ3v) is 10.0. The van der Waals surface area contributed by atoms with E-state index in [1.807, 2.05) is 26.2 Å². The summed E-state index contributed by atoms with van der Waals surface area (Å²) in [7, 11) is -3.19. The number of hydrogen-bond acceptors (Lipinski definition) is 6. The second kappa shape index (κ2) is 11.1. The maximum Gasteiger partial charge on any atom is 0.225 e. The average Bonchev–Trinajstić information content (AvgIpc) is 3.32. The second-order valence-electron chi connectivity index (χ2n) is 11.2. The van der Waals surface area contributed by atoms with Crippen LogP contribution in [0, 0.1) is 11.8 Å². The number of piperidine rings is 1. The molecular weight excluding hydrogens is 484 g/mol. The van der Waals surface area contributed by atoms with Gasteiger partial charge in [-0.1, -0.05) is 39.3 Å². The minimum absolute atomic E-state index is 0.137. The molecule has 3 aliphatic rings. The van der Waals surface area contributed by atoms with Gasteiger partial charge >= 0.3 is 0 Å². The Bertz CT molecular complexity index is 1220. The Hall–Kier alpha value is -2.45. The number of sulfonamides is 1. The zero-order valence-electron chi connectivity index (χ0n) is 22.4. The molecule has 0 amide bonds. The molecule has 0 aliphatic carbocycles. The molecule has 4 heterocycles. The Morgan fingerprint density at radius 1 is 1.11 bits per heavy atom. The van der Waals surface area contributed by atoms with Crippen LogP contribution in [-0.4, -0.2) is 60.7 Å².